The summed E-state index contributed by atoms with van der Waals surface area (Å²) in [6, 6.07) is 13.9. The van der Waals surface area contributed by atoms with Gasteiger partial charge in [-0.3, -0.25) is 9.59 Å². The molecule has 1 heterocycles. The van der Waals surface area contributed by atoms with Crippen molar-refractivity contribution >= 4 is 29.1 Å². The molecule has 0 saturated heterocycles. The standard InChI is InChI=1S/C21H20ClN3O4/c1-3-23-18(26)12-28-15-8-6-7-14(11-15)24-21(27)19-13(2)29-25-20(19)16-9-4-5-10-17(16)22/h4-11H,3,12H2,1-2H3,(H,23,26)(H,24,27). The van der Waals surface area contributed by atoms with Crippen molar-refractivity contribution in [1.82, 2.24) is 10.5 Å². The first-order valence-electron chi connectivity index (χ1n) is 9.01. The Kier molecular flexibility index (Phi) is 6.51. The van der Waals surface area contributed by atoms with Gasteiger partial charge in [0.1, 0.15) is 22.8 Å². The number of halogens is 1. The fraction of sp³-hybridized carbons (Fsp3) is 0.190. The number of rotatable bonds is 7. The molecule has 3 aromatic rings. The number of aromatic nitrogens is 1. The van der Waals surface area contributed by atoms with E-state index in [4.69, 9.17) is 20.9 Å². The van der Waals surface area contributed by atoms with Gasteiger partial charge in [0, 0.05) is 23.9 Å². The van der Waals surface area contributed by atoms with Crippen molar-refractivity contribution in [3.8, 4) is 17.0 Å². The molecule has 2 aromatic carbocycles. The molecule has 2 amide bonds. The molecule has 0 atom stereocenters. The molecule has 0 bridgehead atoms. The van der Waals surface area contributed by atoms with E-state index in [1.54, 1.807) is 49.4 Å². The highest BCUT2D eigenvalue weighted by Crippen LogP contribution is 2.31. The Morgan fingerprint density at radius 2 is 1.97 bits per heavy atom. The van der Waals surface area contributed by atoms with Crippen LogP contribution < -0.4 is 15.4 Å². The third-order valence-electron chi connectivity index (χ3n) is 4.05. The van der Waals surface area contributed by atoms with Crippen LogP contribution in [0.25, 0.3) is 11.3 Å². The van der Waals surface area contributed by atoms with Gasteiger partial charge >= 0.3 is 0 Å². The smallest absolute Gasteiger partial charge is 0.261 e. The van der Waals surface area contributed by atoms with Gasteiger partial charge in [-0.1, -0.05) is 41.0 Å². The van der Waals surface area contributed by atoms with Gasteiger partial charge in [0.2, 0.25) is 0 Å². The first kappa shape index (κ1) is 20.4. The van der Waals surface area contributed by atoms with E-state index >= 15 is 0 Å². The Morgan fingerprint density at radius 1 is 1.17 bits per heavy atom. The lowest BCUT2D eigenvalue weighted by Crippen LogP contribution is -2.28. The number of likely N-dealkylation sites (N-methyl/N-ethyl adjacent to an activating group) is 1. The molecule has 0 aliphatic heterocycles. The number of hydrogen-bond acceptors (Lipinski definition) is 5. The maximum atomic E-state index is 12.9. The average molecular weight is 414 g/mol. The summed E-state index contributed by atoms with van der Waals surface area (Å²) < 4.78 is 10.7. The molecule has 0 unspecified atom stereocenters. The first-order chi connectivity index (χ1) is 14.0. The molecular formula is C21H20ClN3O4. The molecular weight excluding hydrogens is 394 g/mol. The van der Waals surface area contributed by atoms with Gasteiger partial charge in [0.15, 0.2) is 6.61 Å². The van der Waals surface area contributed by atoms with Crippen LogP contribution in [0.15, 0.2) is 53.1 Å². The number of nitrogens with one attached hydrogen (secondary N) is 2. The summed E-state index contributed by atoms with van der Waals surface area (Å²) in [7, 11) is 0. The molecule has 0 fully saturated rings. The fourth-order valence-electron chi connectivity index (χ4n) is 2.73. The highest BCUT2D eigenvalue weighted by atomic mass is 35.5. The Labute approximate surface area is 173 Å². The quantitative estimate of drug-likeness (QED) is 0.609. The van der Waals surface area contributed by atoms with Crippen molar-refractivity contribution in [2.75, 3.05) is 18.5 Å². The largest absolute Gasteiger partial charge is 0.484 e. The van der Waals surface area contributed by atoms with E-state index in [9.17, 15) is 9.59 Å². The second-order valence-corrected chi connectivity index (χ2v) is 6.57. The van der Waals surface area contributed by atoms with E-state index < -0.39 is 0 Å². The maximum Gasteiger partial charge on any atom is 0.261 e. The molecule has 150 valence electrons. The van der Waals surface area contributed by atoms with E-state index in [0.29, 0.717) is 45.6 Å². The van der Waals surface area contributed by atoms with Gasteiger partial charge in [0.05, 0.1) is 5.02 Å². The maximum absolute atomic E-state index is 12.9. The number of amides is 2. The summed E-state index contributed by atoms with van der Waals surface area (Å²) in [4.78, 5) is 24.4. The summed E-state index contributed by atoms with van der Waals surface area (Å²) >= 11 is 6.25. The predicted octanol–water partition coefficient (Wildman–Crippen LogP) is 4.07. The van der Waals surface area contributed by atoms with Crippen LogP contribution in [0.4, 0.5) is 5.69 Å². The molecule has 8 heteroatoms. The second-order valence-electron chi connectivity index (χ2n) is 6.17. The van der Waals surface area contributed by atoms with Crippen molar-refractivity contribution in [2.45, 2.75) is 13.8 Å². The number of aryl methyl sites for hydroxylation is 1. The lowest BCUT2D eigenvalue weighted by molar-refractivity contribution is -0.122. The van der Waals surface area contributed by atoms with Crippen molar-refractivity contribution in [1.29, 1.82) is 0 Å². The lowest BCUT2D eigenvalue weighted by Gasteiger charge is -2.10. The number of anilines is 1. The van der Waals surface area contributed by atoms with Crippen LogP contribution in [-0.2, 0) is 4.79 Å². The summed E-state index contributed by atoms with van der Waals surface area (Å²) in [5, 5.41) is 9.93. The van der Waals surface area contributed by atoms with Gasteiger partial charge in [-0.15, -0.1) is 0 Å². The number of carbonyl (C=O) groups is 2. The van der Waals surface area contributed by atoms with Gasteiger partial charge in [0.25, 0.3) is 11.8 Å². The van der Waals surface area contributed by atoms with Gasteiger partial charge in [-0.05, 0) is 32.0 Å². The fourth-order valence-corrected chi connectivity index (χ4v) is 2.96. The van der Waals surface area contributed by atoms with Crippen LogP contribution in [0.1, 0.15) is 23.0 Å². The number of nitrogens with zero attached hydrogens (tertiary/aromatic N) is 1. The number of ether oxygens (including phenoxy) is 1. The summed E-state index contributed by atoms with van der Waals surface area (Å²) in [5.74, 6) is 0.231. The summed E-state index contributed by atoms with van der Waals surface area (Å²) in [6.07, 6.45) is 0. The van der Waals surface area contributed by atoms with E-state index in [-0.39, 0.29) is 18.4 Å². The summed E-state index contributed by atoms with van der Waals surface area (Å²) in [5.41, 5.74) is 1.78. The van der Waals surface area contributed by atoms with Crippen LogP contribution in [0, 0.1) is 6.92 Å². The minimum Gasteiger partial charge on any atom is -0.484 e. The highest BCUT2D eigenvalue weighted by Gasteiger charge is 2.23. The molecule has 1 aromatic heterocycles. The van der Waals surface area contributed by atoms with Gasteiger partial charge in [-0.25, -0.2) is 0 Å². The molecule has 29 heavy (non-hydrogen) atoms. The van der Waals surface area contributed by atoms with E-state index in [2.05, 4.69) is 15.8 Å². The Hall–Kier alpha value is -3.32. The third kappa shape index (κ3) is 4.94. The Balaban J connectivity index is 1.78. The summed E-state index contributed by atoms with van der Waals surface area (Å²) in [6.45, 7) is 3.92. The average Bonchev–Trinajstić information content (AvgIpc) is 3.08. The normalized spacial score (nSPS) is 10.4. The van der Waals surface area contributed by atoms with Crippen LogP contribution >= 0.6 is 11.6 Å². The minimum absolute atomic E-state index is 0.105. The zero-order valence-electron chi connectivity index (χ0n) is 16.0. The third-order valence-corrected chi connectivity index (χ3v) is 4.38. The SMILES string of the molecule is CCNC(=O)COc1cccc(NC(=O)c2c(-c3ccccc3Cl)noc2C)c1. The van der Waals surface area contributed by atoms with Crippen molar-refractivity contribution in [3.05, 3.63) is 64.9 Å². The number of benzene rings is 2. The molecule has 0 aliphatic rings. The Morgan fingerprint density at radius 3 is 2.72 bits per heavy atom. The molecule has 2 N–H and O–H groups in total. The van der Waals surface area contributed by atoms with Crippen LogP contribution in [0.2, 0.25) is 5.02 Å². The van der Waals surface area contributed by atoms with Crippen molar-refractivity contribution in [2.24, 2.45) is 0 Å². The van der Waals surface area contributed by atoms with E-state index in [0.717, 1.165) is 0 Å². The first-order valence-corrected chi connectivity index (χ1v) is 9.39. The van der Waals surface area contributed by atoms with Crippen LogP contribution in [-0.4, -0.2) is 30.1 Å². The zero-order chi connectivity index (χ0) is 20.8. The molecule has 0 spiro atoms. The Bertz CT molecular complexity index is 1030. The van der Waals surface area contributed by atoms with Gasteiger partial charge < -0.3 is 19.9 Å². The molecule has 3 rings (SSSR count). The minimum atomic E-state index is -0.389. The van der Waals surface area contributed by atoms with Crippen molar-refractivity contribution in [3.63, 3.8) is 0 Å². The molecule has 0 radical (unpaired) electrons. The second kappa shape index (κ2) is 9.25. The number of hydrogen-bond donors (Lipinski definition) is 2. The molecule has 0 saturated carbocycles. The molecule has 0 aliphatic carbocycles. The van der Waals surface area contributed by atoms with Crippen molar-refractivity contribution < 1.29 is 18.8 Å². The zero-order valence-corrected chi connectivity index (χ0v) is 16.7. The van der Waals surface area contributed by atoms with E-state index in [1.165, 1.54) is 0 Å². The topological polar surface area (TPSA) is 93.5 Å². The highest BCUT2D eigenvalue weighted by molar-refractivity contribution is 6.33. The monoisotopic (exact) mass is 413 g/mol. The molecule has 7 nitrogen and oxygen atoms in total. The lowest BCUT2D eigenvalue weighted by atomic mass is 10.1. The van der Waals surface area contributed by atoms with Crippen LogP contribution in [0.5, 0.6) is 5.75 Å². The number of carbonyl (C=O) groups excluding carboxylic acids is 2. The predicted molar refractivity (Wildman–Crippen MR) is 110 cm³/mol. The van der Waals surface area contributed by atoms with Gasteiger partial charge in [-0.2, -0.15) is 0 Å². The van der Waals surface area contributed by atoms with E-state index in [1.807, 2.05) is 13.0 Å². The van der Waals surface area contributed by atoms with Crippen LogP contribution in [0.3, 0.4) is 0 Å².